The van der Waals surface area contributed by atoms with Gasteiger partial charge in [-0.15, -0.1) is 0 Å². The molecule has 0 fully saturated rings. The molecular weight excluding hydrogens is 374 g/mol. The van der Waals surface area contributed by atoms with Crippen molar-refractivity contribution in [2.75, 3.05) is 5.32 Å². The lowest BCUT2D eigenvalue weighted by Gasteiger charge is -2.08. The van der Waals surface area contributed by atoms with Crippen LogP contribution >= 0.6 is 31.9 Å². The summed E-state index contributed by atoms with van der Waals surface area (Å²) in [5.74, 6) is -0.939. The standard InChI is InChI=1S/C14H11Br2NO2/c15-10-3-1-9(2-4-10)8-17-11-5-6-12(14(18)19)13(16)7-11/h1-7,17H,8H2,(H,18,19). The van der Waals surface area contributed by atoms with Crippen molar-refractivity contribution in [3.63, 3.8) is 0 Å². The van der Waals surface area contributed by atoms with Gasteiger partial charge in [0.25, 0.3) is 0 Å². The molecule has 0 aliphatic carbocycles. The molecule has 98 valence electrons. The van der Waals surface area contributed by atoms with Gasteiger partial charge in [0.15, 0.2) is 0 Å². The lowest BCUT2D eigenvalue weighted by molar-refractivity contribution is 0.0696. The number of hydrogen-bond acceptors (Lipinski definition) is 2. The van der Waals surface area contributed by atoms with Gasteiger partial charge in [0.1, 0.15) is 0 Å². The summed E-state index contributed by atoms with van der Waals surface area (Å²) in [6, 6.07) is 13.1. The van der Waals surface area contributed by atoms with Crippen molar-refractivity contribution >= 4 is 43.5 Å². The highest BCUT2D eigenvalue weighted by Crippen LogP contribution is 2.22. The first-order chi connectivity index (χ1) is 9.06. The van der Waals surface area contributed by atoms with Gasteiger partial charge in [0.2, 0.25) is 0 Å². The van der Waals surface area contributed by atoms with E-state index in [0.29, 0.717) is 11.0 Å². The van der Waals surface area contributed by atoms with Gasteiger partial charge < -0.3 is 10.4 Å². The zero-order valence-electron chi connectivity index (χ0n) is 9.86. The summed E-state index contributed by atoms with van der Waals surface area (Å²) in [5, 5.41) is 12.2. The molecule has 2 aromatic rings. The van der Waals surface area contributed by atoms with Crippen LogP contribution in [-0.2, 0) is 6.54 Å². The third-order valence-electron chi connectivity index (χ3n) is 2.61. The molecule has 0 saturated heterocycles. The average molecular weight is 385 g/mol. The molecule has 0 aliphatic rings. The van der Waals surface area contributed by atoms with Gasteiger partial charge in [0.05, 0.1) is 5.56 Å². The fourth-order valence-corrected chi connectivity index (χ4v) is 2.42. The molecule has 0 spiro atoms. The summed E-state index contributed by atoms with van der Waals surface area (Å²) in [4.78, 5) is 10.9. The summed E-state index contributed by atoms with van der Waals surface area (Å²) in [7, 11) is 0. The maximum absolute atomic E-state index is 10.9. The topological polar surface area (TPSA) is 49.3 Å². The number of nitrogens with one attached hydrogen (secondary N) is 1. The largest absolute Gasteiger partial charge is 0.478 e. The van der Waals surface area contributed by atoms with Crippen LogP contribution in [0.2, 0.25) is 0 Å². The maximum atomic E-state index is 10.9. The van der Waals surface area contributed by atoms with E-state index >= 15 is 0 Å². The van der Waals surface area contributed by atoms with E-state index in [1.165, 1.54) is 0 Å². The molecule has 2 aromatic carbocycles. The molecule has 5 heteroatoms. The fourth-order valence-electron chi connectivity index (χ4n) is 1.60. The first kappa shape index (κ1) is 14.1. The first-order valence-electron chi connectivity index (χ1n) is 5.57. The summed E-state index contributed by atoms with van der Waals surface area (Å²) < 4.78 is 1.62. The Hall–Kier alpha value is -1.33. The van der Waals surface area contributed by atoms with Crippen molar-refractivity contribution in [3.05, 3.63) is 62.5 Å². The lowest BCUT2D eigenvalue weighted by Crippen LogP contribution is -2.02. The van der Waals surface area contributed by atoms with Gasteiger partial charge in [-0.05, 0) is 51.8 Å². The van der Waals surface area contributed by atoms with Crippen LogP contribution in [0, 0.1) is 0 Å². The highest BCUT2D eigenvalue weighted by Gasteiger charge is 2.08. The Kier molecular flexibility index (Phi) is 4.61. The summed E-state index contributed by atoms with van der Waals surface area (Å²) in [6.45, 7) is 0.687. The Morgan fingerprint density at radius 1 is 1.11 bits per heavy atom. The molecule has 0 aliphatic heterocycles. The predicted octanol–water partition coefficient (Wildman–Crippen LogP) is 4.52. The van der Waals surface area contributed by atoms with Gasteiger partial charge in [0, 0.05) is 21.2 Å². The van der Waals surface area contributed by atoms with E-state index in [4.69, 9.17) is 5.11 Å². The zero-order chi connectivity index (χ0) is 13.8. The summed E-state index contributed by atoms with van der Waals surface area (Å²) in [5.41, 5.74) is 2.29. The molecule has 0 aromatic heterocycles. The minimum Gasteiger partial charge on any atom is -0.478 e. The molecule has 3 nitrogen and oxygen atoms in total. The van der Waals surface area contributed by atoms with E-state index in [2.05, 4.69) is 37.2 Å². The molecule has 0 saturated carbocycles. The van der Waals surface area contributed by atoms with Gasteiger partial charge in [-0.25, -0.2) is 4.79 Å². The summed E-state index contributed by atoms with van der Waals surface area (Å²) >= 11 is 6.65. The molecular formula is C14H11Br2NO2. The van der Waals surface area contributed by atoms with E-state index in [-0.39, 0.29) is 5.56 Å². The molecule has 19 heavy (non-hydrogen) atoms. The second-order valence-electron chi connectivity index (χ2n) is 3.98. The van der Waals surface area contributed by atoms with E-state index < -0.39 is 5.97 Å². The number of anilines is 1. The Balaban J connectivity index is 2.06. The van der Waals surface area contributed by atoms with Crippen molar-refractivity contribution in [3.8, 4) is 0 Å². The Labute approximate surface area is 127 Å². The van der Waals surface area contributed by atoms with Crippen LogP contribution in [0.1, 0.15) is 15.9 Å². The van der Waals surface area contributed by atoms with Crippen molar-refractivity contribution in [2.45, 2.75) is 6.54 Å². The molecule has 0 bridgehead atoms. The van der Waals surface area contributed by atoms with E-state index in [0.717, 1.165) is 15.7 Å². The SMILES string of the molecule is O=C(O)c1ccc(NCc2ccc(Br)cc2)cc1Br. The van der Waals surface area contributed by atoms with Crippen molar-refractivity contribution in [2.24, 2.45) is 0 Å². The third kappa shape index (κ3) is 3.81. The highest BCUT2D eigenvalue weighted by molar-refractivity contribution is 9.10. The second-order valence-corrected chi connectivity index (χ2v) is 5.75. The third-order valence-corrected chi connectivity index (χ3v) is 3.79. The van der Waals surface area contributed by atoms with Crippen molar-refractivity contribution < 1.29 is 9.90 Å². The maximum Gasteiger partial charge on any atom is 0.336 e. The van der Waals surface area contributed by atoms with Crippen LogP contribution in [0.3, 0.4) is 0 Å². The summed E-state index contributed by atoms with van der Waals surface area (Å²) in [6.07, 6.45) is 0. The monoisotopic (exact) mass is 383 g/mol. The quantitative estimate of drug-likeness (QED) is 0.814. The first-order valence-corrected chi connectivity index (χ1v) is 7.16. The van der Waals surface area contributed by atoms with E-state index in [1.807, 2.05) is 24.3 Å². The number of hydrogen-bond donors (Lipinski definition) is 2. The Bertz CT molecular complexity index is 597. The van der Waals surface area contributed by atoms with Crippen LogP contribution in [0.5, 0.6) is 0 Å². The number of benzene rings is 2. The Morgan fingerprint density at radius 3 is 2.37 bits per heavy atom. The van der Waals surface area contributed by atoms with Crippen LogP contribution in [0.15, 0.2) is 51.4 Å². The van der Waals surface area contributed by atoms with Crippen LogP contribution in [0.4, 0.5) is 5.69 Å². The van der Waals surface area contributed by atoms with Crippen LogP contribution in [-0.4, -0.2) is 11.1 Å². The van der Waals surface area contributed by atoms with Crippen molar-refractivity contribution in [1.82, 2.24) is 0 Å². The smallest absolute Gasteiger partial charge is 0.336 e. The van der Waals surface area contributed by atoms with Crippen molar-refractivity contribution in [1.29, 1.82) is 0 Å². The second kappa shape index (κ2) is 6.21. The number of carboxylic acids is 1. The predicted molar refractivity (Wildman–Crippen MR) is 82.6 cm³/mol. The number of halogens is 2. The van der Waals surface area contributed by atoms with Crippen LogP contribution in [0.25, 0.3) is 0 Å². The molecule has 2 N–H and O–H groups in total. The fraction of sp³-hybridized carbons (Fsp3) is 0.0714. The van der Waals surface area contributed by atoms with Gasteiger partial charge in [-0.3, -0.25) is 0 Å². The number of rotatable bonds is 4. The average Bonchev–Trinajstić information content (AvgIpc) is 2.37. The minimum atomic E-state index is -0.939. The molecule has 0 amide bonds. The molecule has 0 radical (unpaired) electrons. The highest BCUT2D eigenvalue weighted by atomic mass is 79.9. The number of carboxylic acid groups (broad SMARTS) is 1. The van der Waals surface area contributed by atoms with E-state index in [1.54, 1.807) is 18.2 Å². The number of carbonyl (C=O) groups is 1. The van der Waals surface area contributed by atoms with Crippen LogP contribution < -0.4 is 5.32 Å². The van der Waals surface area contributed by atoms with Gasteiger partial charge in [-0.2, -0.15) is 0 Å². The molecule has 0 atom stereocenters. The van der Waals surface area contributed by atoms with Gasteiger partial charge >= 0.3 is 5.97 Å². The van der Waals surface area contributed by atoms with E-state index in [9.17, 15) is 4.79 Å². The van der Waals surface area contributed by atoms with Gasteiger partial charge in [-0.1, -0.05) is 28.1 Å². The molecule has 0 unspecified atom stereocenters. The lowest BCUT2D eigenvalue weighted by atomic mass is 10.2. The Morgan fingerprint density at radius 2 is 1.79 bits per heavy atom. The minimum absolute atomic E-state index is 0.259. The zero-order valence-corrected chi connectivity index (χ0v) is 13.0. The normalized spacial score (nSPS) is 10.2. The molecule has 2 rings (SSSR count). The molecule has 0 heterocycles. The number of aromatic carboxylic acids is 1.